The van der Waals surface area contributed by atoms with Crippen molar-refractivity contribution in [3.05, 3.63) is 40.7 Å². The molecule has 0 aromatic carbocycles. The normalized spacial score (nSPS) is 18.6. The quantitative estimate of drug-likeness (QED) is 0.821. The second-order valence-corrected chi connectivity index (χ2v) is 6.70. The molecule has 2 aromatic rings. The zero-order chi connectivity index (χ0) is 14.5. The molecule has 1 fully saturated rings. The summed E-state index contributed by atoms with van der Waals surface area (Å²) in [4.78, 5) is 6.33. The SMILES string of the molecule is CN(CCc1cccs1)CC1CCCN1c1cccnn1. The van der Waals surface area contributed by atoms with Gasteiger partial charge in [0.15, 0.2) is 5.82 Å². The van der Waals surface area contributed by atoms with Crippen LogP contribution >= 0.6 is 11.3 Å². The highest BCUT2D eigenvalue weighted by Gasteiger charge is 2.26. The van der Waals surface area contributed by atoms with Gasteiger partial charge in [0.1, 0.15) is 0 Å². The van der Waals surface area contributed by atoms with E-state index in [1.807, 2.05) is 17.4 Å². The molecule has 0 bridgehead atoms. The number of hydrogen-bond donors (Lipinski definition) is 0. The Kier molecular flexibility index (Phi) is 4.83. The van der Waals surface area contributed by atoms with Gasteiger partial charge in [0.05, 0.1) is 0 Å². The molecule has 2 aromatic heterocycles. The number of rotatable bonds is 6. The maximum Gasteiger partial charge on any atom is 0.151 e. The first-order valence-corrected chi connectivity index (χ1v) is 8.46. The molecule has 112 valence electrons. The molecule has 0 radical (unpaired) electrons. The molecule has 0 aliphatic carbocycles. The molecule has 0 spiro atoms. The highest BCUT2D eigenvalue weighted by Crippen LogP contribution is 2.23. The molecule has 0 amide bonds. The van der Waals surface area contributed by atoms with Crippen LogP contribution in [0.4, 0.5) is 5.82 Å². The van der Waals surface area contributed by atoms with Crippen LogP contribution in [0.5, 0.6) is 0 Å². The predicted molar refractivity (Wildman–Crippen MR) is 87.9 cm³/mol. The molecule has 3 rings (SSSR count). The van der Waals surface area contributed by atoms with Crippen LogP contribution in [0.3, 0.4) is 0 Å². The number of aromatic nitrogens is 2. The molecule has 0 saturated carbocycles. The van der Waals surface area contributed by atoms with E-state index < -0.39 is 0 Å². The molecule has 5 heteroatoms. The molecular formula is C16H22N4S. The van der Waals surface area contributed by atoms with Crippen molar-refractivity contribution in [2.45, 2.75) is 25.3 Å². The summed E-state index contributed by atoms with van der Waals surface area (Å²) in [7, 11) is 2.22. The number of likely N-dealkylation sites (N-methyl/N-ethyl adjacent to an activating group) is 1. The van der Waals surface area contributed by atoms with Crippen molar-refractivity contribution < 1.29 is 0 Å². The molecule has 4 nitrogen and oxygen atoms in total. The molecule has 1 saturated heterocycles. The Labute approximate surface area is 130 Å². The molecule has 0 N–H and O–H groups in total. The van der Waals surface area contributed by atoms with Gasteiger partial charge >= 0.3 is 0 Å². The summed E-state index contributed by atoms with van der Waals surface area (Å²) >= 11 is 1.85. The predicted octanol–water partition coefficient (Wildman–Crippen LogP) is 2.68. The molecule has 1 aliphatic heterocycles. The zero-order valence-corrected chi connectivity index (χ0v) is 13.3. The zero-order valence-electron chi connectivity index (χ0n) is 12.5. The Hall–Kier alpha value is -1.46. The van der Waals surface area contributed by atoms with Gasteiger partial charge in [0, 0.05) is 36.8 Å². The van der Waals surface area contributed by atoms with Crippen LogP contribution in [0.25, 0.3) is 0 Å². The first-order chi connectivity index (χ1) is 10.3. The van der Waals surface area contributed by atoms with E-state index in [2.05, 4.69) is 50.6 Å². The van der Waals surface area contributed by atoms with Gasteiger partial charge in [-0.15, -0.1) is 16.4 Å². The minimum absolute atomic E-state index is 0.565. The summed E-state index contributed by atoms with van der Waals surface area (Å²) in [5, 5.41) is 10.4. The number of hydrogen-bond acceptors (Lipinski definition) is 5. The Morgan fingerprint density at radius 3 is 3.10 bits per heavy atom. The Bertz CT molecular complexity index is 528. The van der Waals surface area contributed by atoms with Crippen molar-refractivity contribution in [3.63, 3.8) is 0 Å². The second kappa shape index (κ2) is 7.00. The Morgan fingerprint density at radius 2 is 2.33 bits per heavy atom. The summed E-state index contributed by atoms with van der Waals surface area (Å²) in [6.45, 7) is 3.31. The van der Waals surface area contributed by atoms with E-state index >= 15 is 0 Å². The third kappa shape index (κ3) is 3.80. The minimum Gasteiger partial charge on any atom is -0.351 e. The van der Waals surface area contributed by atoms with E-state index in [1.54, 1.807) is 6.20 Å². The molecule has 3 heterocycles. The van der Waals surface area contributed by atoms with E-state index in [4.69, 9.17) is 0 Å². The molecular weight excluding hydrogens is 280 g/mol. The third-order valence-corrected chi connectivity index (χ3v) is 5.01. The monoisotopic (exact) mass is 302 g/mol. The van der Waals surface area contributed by atoms with E-state index in [9.17, 15) is 0 Å². The summed E-state index contributed by atoms with van der Waals surface area (Å²) in [5.74, 6) is 1.02. The van der Waals surface area contributed by atoms with Crippen molar-refractivity contribution in [1.29, 1.82) is 0 Å². The minimum atomic E-state index is 0.565. The van der Waals surface area contributed by atoms with Crippen molar-refractivity contribution in [1.82, 2.24) is 15.1 Å². The highest BCUT2D eigenvalue weighted by molar-refractivity contribution is 7.09. The number of anilines is 1. The molecule has 21 heavy (non-hydrogen) atoms. The van der Waals surface area contributed by atoms with E-state index in [0.29, 0.717) is 6.04 Å². The largest absolute Gasteiger partial charge is 0.351 e. The number of nitrogens with zero attached hydrogens (tertiary/aromatic N) is 4. The average Bonchev–Trinajstić information content (AvgIpc) is 3.17. The van der Waals surface area contributed by atoms with Crippen LogP contribution in [-0.2, 0) is 6.42 Å². The van der Waals surface area contributed by atoms with Crippen LogP contribution in [0, 0.1) is 0 Å². The van der Waals surface area contributed by atoms with E-state index in [1.165, 1.54) is 17.7 Å². The number of thiophene rings is 1. The molecule has 1 aliphatic rings. The van der Waals surface area contributed by atoms with Crippen LogP contribution < -0.4 is 4.90 Å². The van der Waals surface area contributed by atoms with Crippen molar-refractivity contribution in [3.8, 4) is 0 Å². The van der Waals surface area contributed by atoms with Crippen LogP contribution in [0.15, 0.2) is 35.8 Å². The third-order valence-electron chi connectivity index (χ3n) is 4.07. The lowest BCUT2D eigenvalue weighted by Gasteiger charge is -2.29. The van der Waals surface area contributed by atoms with Crippen molar-refractivity contribution >= 4 is 17.2 Å². The first kappa shape index (κ1) is 14.5. The molecule has 1 atom stereocenters. The topological polar surface area (TPSA) is 32.3 Å². The van der Waals surface area contributed by atoms with Crippen molar-refractivity contribution in [2.75, 3.05) is 31.6 Å². The first-order valence-electron chi connectivity index (χ1n) is 7.58. The van der Waals surface area contributed by atoms with Gasteiger partial charge in [-0.2, -0.15) is 5.10 Å². The van der Waals surface area contributed by atoms with Crippen LogP contribution in [0.2, 0.25) is 0 Å². The van der Waals surface area contributed by atoms with Gasteiger partial charge in [-0.25, -0.2) is 0 Å². The summed E-state index contributed by atoms with van der Waals surface area (Å²) < 4.78 is 0. The van der Waals surface area contributed by atoms with Gasteiger partial charge in [-0.3, -0.25) is 0 Å². The lowest BCUT2D eigenvalue weighted by Crippen LogP contribution is -2.40. The lowest BCUT2D eigenvalue weighted by atomic mass is 10.2. The average molecular weight is 302 g/mol. The maximum absolute atomic E-state index is 4.26. The standard InChI is InChI=1S/C16H22N4S/c1-19(11-8-15-6-4-12-21-15)13-14-5-3-10-20(14)16-7-2-9-17-18-16/h2,4,6-7,9,12,14H,3,5,8,10-11,13H2,1H3. The van der Waals surface area contributed by atoms with Gasteiger partial charge in [0.25, 0.3) is 0 Å². The summed E-state index contributed by atoms with van der Waals surface area (Å²) in [5.41, 5.74) is 0. The highest BCUT2D eigenvalue weighted by atomic mass is 32.1. The second-order valence-electron chi connectivity index (χ2n) is 5.66. The molecule has 1 unspecified atom stereocenters. The Morgan fingerprint density at radius 1 is 1.38 bits per heavy atom. The fraction of sp³-hybridized carbons (Fsp3) is 0.500. The van der Waals surface area contributed by atoms with Gasteiger partial charge in [0.2, 0.25) is 0 Å². The van der Waals surface area contributed by atoms with Crippen LogP contribution in [0.1, 0.15) is 17.7 Å². The van der Waals surface area contributed by atoms with Gasteiger partial charge in [-0.1, -0.05) is 6.07 Å². The fourth-order valence-electron chi connectivity index (χ4n) is 2.98. The van der Waals surface area contributed by atoms with Gasteiger partial charge < -0.3 is 9.80 Å². The van der Waals surface area contributed by atoms with E-state index in [0.717, 1.165) is 31.9 Å². The fourth-order valence-corrected chi connectivity index (χ4v) is 3.68. The maximum atomic E-state index is 4.26. The van der Waals surface area contributed by atoms with Crippen molar-refractivity contribution in [2.24, 2.45) is 0 Å². The lowest BCUT2D eigenvalue weighted by molar-refractivity contribution is 0.314. The Balaban J connectivity index is 1.53. The van der Waals surface area contributed by atoms with Gasteiger partial charge in [-0.05, 0) is 49.9 Å². The summed E-state index contributed by atoms with van der Waals surface area (Å²) in [6.07, 6.45) is 5.38. The van der Waals surface area contributed by atoms with Crippen LogP contribution in [-0.4, -0.2) is 47.8 Å². The summed E-state index contributed by atoms with van der Waals surface area (Å²) in [6, 6.07) is 8.96. The van der Waals surface area contributed by atoms with E-state index in [-0.39, 0.29) is 0 Å². The smallest absolute Gasteiger partial charge is 0.151 e.